The molecule has 15 aromatic rings. The minimum absolute atomic E-state index is 0.532. The van der Waals surface area contributed by atoms with E-state index in [1.54, 1.807) is 0 Å². The topological polar surface area (TPSA) is 61.7 Å². The Morgan fingerprint density at radius 1 is 0.319 bits per heavy atom. The maximum absolute atomic E-state index is 7.04. The Balaban J connectivity index is 1.01. The summed E-state index contributed by atoms with van der Waals surface area (Å²) in [4.78, 5) is 16.1. The predicted octanol–water partition coefficient (Wildman–Crippen LogP) is 16.4. The Bertz CT molecular complexity index is 4610. The highest BCUT2D eigenvalue weighted by Crippen LogP contribution is 2.45. The molecular formula is C63H37N5O. The third-order valence-electron chi connectivity index (χ3n) is 14.1. The average molecular weight is 880 g/mol. The molecule has 0 radical (unpaired) electrons. The van der Waals surface area contributed by atoms with Crippen molar-refractivity contribution in [1.29, 1.82) is 0 Å². The lowest BCUT2D eigenvalue weighted by Crippen LogP contribution is -2.02. The fraction of sp³-hybridized carbons (Fsp3) is 0. The summed E-state index contributed by atoms with van der Waals surface area (Å²) in [6.45, 7) is 0. The maximum atomic E-state index is 7.04. The van der Waals surface area contributed by atoms with Crippen LogP contribution in [-0.4, -0.2) is 24.1 Å². The van der Waals surface area contributed by atoms with E-state index in [1.807, 2.05) is 6.07 Å². The molecule has 0 N–H and O–H groups in total. The van der Waals surface area contributed by atoms with E-state index in [9.17, 15) is 0 Å². The zero-order valence-corrected chi connectivity index (χ0v) is 37.0. The summed E-state index contributed by atoms with van der Waals surface area (Å²) in [7, 11) is 0. The van der Waals surface area contributed by atoms with Gasteiger partial charge in [-0.1, -0.05) is 152 Å². The predicted molar refractivity (Wildman–Crippen MR) is 285 cm³/mol. The van der Waals surface area contributed by atoms with Crippen LogP contribution < -0.4 is 0 Å². The zero-order chi connectivity index (χ0) is 45.2. The van der Waals surface area contributed by atoms with Crippen LogP contribution in [0.4, 0.5) is 0 Å². The summed E-state index contributed by atoms with van der Waals surface area (Å²) in [5.74, 6) is 1.70. The highest BCUT2D eigenvalue weighted by Gasteiger charge is 2.25. The van der Waals surface area contributed by atoms with Crippen molar-refractivity contribution < 1.29 is 4.42 Å². The van der Waals surface area contributed by atoms with Crippen molar-refractivity contribution >= 4 is 97.9 Å². The number of benzene rings is 11. The van der Waals surface area contributed by atoms with E-state index in [0.29, 0.717) is 23.1 Å². The molecule has 0 unspecified atom stereocenters. The second-order valence-electron chi connectivity index (χ2n) is 17.9. The molecule has 0 spiro atoms. The van der Waals surface area contributed by atoms with Crippen molar-refractivity contribution in [3.05, 3.63) is 224 Å². The third kappa shape index (κ3) is 5.63. The lowest BCUT2D eigenvalue weighted by molar-refractivity contribution is 0.669. The normalized spacial score (nSPS) is 12.1. The number of hydrogen-bond acceptors (Lipinski definition) is 4. The SMILES string of the molecule is c1ccc(-n2c3ccccc3c3cc(-c4nc(-c5cccc6ccccc56)nc(-c5ccc(-n6c7cc8ccccc8cc7c7c8ccccc8ccc76)c6c5oc5ccccc56)n4)ccc32)cc1. The van der Waals surface area contributed by atoms with Crippen LogP contribution in [0.5, 0.6) is 0 Å². The van der Waals surface area contributed by atoms with Crippen LogP contribution in [0.25, 0.3) is 143 Å². The summed E-state index contributed by atoms with van der Waals surface area (Å²) >= 11 is 0. The summed E-state index contributed by atoms with van der Waals surface area (Å²) < 4.78 is 11.8. The molecular weight excluding hydrogens is 843 g/mol. The number of para-hydroxylation sites is 3. The van der Waals surface area contributed by atoms with Crippen molar-refractivity contribution in [2.75, 3.05) is 0 Å². The summed E-state index contributed by atoms with van der Waals surface area (Å²) in [5, 5.41) is 13.7. The van der Waals surface area contributed by atoms with Gasteiger partial charge < -0.3 is 13.6 Å². The first-order valence-corrected chi connectivity index (χ1v) is 23.3. The van der Waals surface area contributed by atoms with E-state index >= 15 is 0 Å². The number of nitrogens with zero attached hydrogens (tertiary/aromatic N) is 5. The highest BCUT2D eigenvalue weighted by molar-refractivity contribution is 6.25. The van der Waals surface area contributed by atoms with Gasteiger partial charge in [0, 0.05) is 43.7 Å². The van der Waals surface area contributed by atoms with E-state index in [1.165, 1.54) is 32.3 Å². The quantitative estimate of drug-likeness (QED) is 0.173. The smallest absolute Gasteiger partial charge is 0.167 e. The minimum Gasteiger partial charge on any atom is -0.455 e. The van der Waals surface area contributed by atoms with E-state index in [4.69, 9.17) is 19.4 Å². The van der Waals surface area contributed by atoms with Gasteiger partial charge in [0.25, 0.3) is 0 Å². The van der Waals surface area contributed by atoms with Crippen LogP contribution in [0.2, 0.25) is 0 Å². The monoisotopic (exact) mass is 879 g/mol. The van der Waals surface area contributed by atoms with Crippen molar-refractivity contribution in [1.82, 2.24) is 24.1 Å². The molecule has 6 heteroatoms. The van der Waals surface area contributed by atoms with Gasteiger partial charge in [-0.2, -0.15) is 0 Å². The van der Waals surface area contributed by atoms with Gasteiger partial charge in [-0.15, -0.1) is 0 Å². The molecule has 11 aromatic carbocycles. The van der Waals surface area contributed by atoms with Crippen LogP contribution in [0.15, 0.2) is 229 Å². The standard InChI is InChI=1S/C63H37N5O/c1-2-20-43(21-3-1)67-52-27-12-10-24-46(52)50-36-42(30-32-53(50)67)61-64-62(47-26-14-19-38-15-6-8-22-44(38)47)66-63(65-61)49-31-34-55(59-48-25-11-13-28-57(48)69-60(49)59)68-54-33-29-39-16-7-9-23-45(39)58(54)51-35-40-17-4-5-18-41(40)37-56(51)68/h1-37H. The van der Waals surface area contributed by atoms with Crippen LogP contribution in [0, 0.1) is 0 Å². The number of furan rings is 1. The largest absolute Gasteiger partial charge is 0.455 e. The molecule has 0 saturated heterocycles. The van der Waals surface area contributed by atoms with Crippen LogP contribution >= 0.6 is 0 Å². The Morgan fingerprint density at radius 2 is 0.942 bits per heavy atom. The zero-order valence-electron chi connectivity index (χ0n) is 37.0. The first-order valence-electron chi connectivity index (χ1n) is 23.3. The minimum atomic E-state index is 0.532. The van der Waals surface area contributed by atoms with Gasteiger partial charge in [0.15, 0.2) is 17.5 Å². The second-order valence-corrected chi connectivity index (χ2v) is 17.9. The lowest BCUT2D eigenvalue weighted by atomic mass is 10.0. The molecule has 4 heterocycles. The first-order chi connectivity index (χ1) is 34.2. The number of hydrogen-bond donors (Lipinski definition) is 0. The Hall–Kier alpha value is -9.39. The van der Waals surface area contributed by atoms with Gasteiger partial charge in [0.2, 0.25) is 0 Å². The molecule has 0 atom stereocenters. The summed E-state index contributed by atoms with van der Waals surface area (Å²) in [6, 6.07) is 79.7. The fourth-order valence-corrected chi connectivity index (χ4v) is 11.0. The van der Waals surface area contributed by atoms with E-state index < -0.39 is 0 Å². The molecule has 15 rings (SSSR count). The Morgan fingerprint density at radius 3 is 1.78 bits per heavy atom. The maximum Gasteiger partial charge on any atom is 0.167 e. The number of aromatic nitrogens is 5. The van der Waals surface area contributed by atoms with Gasteiger partial charge >= 0.3 is 0 Å². The molecule has 0 bridgehead atoms. The van der Waals surface area contributed by atoms with E-state index in [0.717, 1.165) is 88.0 Å². The molecule has 6 nitrogen and oxygen atoms in total. The molecule has 0 saturated carbocycles. The first kappa shape index (κ1) is 37.8. The summed E-state index contributed by atoms with van der Waals surface area (Å²) in [6.07, 6.45) is 0. The van der Waals surface area contributed by atoms with Crippen LogP contribution in [0.1, 0.15) is 0 Å². The van der Waals surface area contributed by atoms with Gasteiger partial charge in [0.05, 0.1) is 38.7 Å². The van der Waals surface area contributed by atoms with E-state index in [-0.39, 0.29) is 0 Å². The van der Waals surface area contributed by atoms with Crippen LogP contribution in [-0.2, 0) is 0 Å². The van der Waals surface area contributed by atoms with Crippen LogP contribution in [0.3, 0.4) is 0 Å². The van der Waals surface area contributed by atoms with Gasteiger partial charge in [-0.05, 0) is 105 Å². The molecule has 69 heavy (non-hydrogen) atoms. The lowest BCUT2D eigenvalue weighted by Gasteiger charge is -2.14. The summed E-state index contributed by atoms with van der Waals surface area (Å²) in [5.41, 5.74) is 10.8. The van der Waals surface area contributed by atoms with Crippen molar-refractivity contribution in [3.63, 3.8) is 0 Å². The van der Waals surface area contributed by atoms with Gasteiger partial charge in [-0.25, -0.2) is 15.0 Å². The number of rotatable bonds is 5. The fourth-order valence-electron chi connectivity index (χ4n) is 11.0. The molecule has 4 aromatic heterocycles. The van der Waals surface area contributed by atoms with Gasteiger partial charge in [0.1, 0.15) is 11.2 Å². The van der Waals surface area contributed by atoms with Crippen molar-refractivity contribution in [3.8, 4) is 45.5 Å². The molecule has 0 aliphatic rings. The number of fused-ring (bicyclic) bond motifs is 13. The van der Waals surface area contributed by atoms with Crippen molar-refractivity contribution in [2.45, 2.75) is 0 Å². The second kappa shape index (κ2) is 14.6. The Labute approximate surface area is 394 Å². The van der Waals surface area contributed by atoms with Crippen molar-refractivity contribution in [2.24, 2.45) is 0 Å². The van der Waals surface area contributed by atoms with E-state index in [2.05, 4.69) is 228 Å². The molecule has 0 amide bonds. The van der Waals surface area contributed by atoms with Gasteiger partial charge in [-0.3, -0.25) is 0 Å². The molecule has 0 fully saturated rings. The molecule has 0 aliphatic carbocycles. The molecule has 0 aliphatic heterocycles. The average Bonchev–Trinajstić information content (AvgIpc) is 4.08. The molecule has 320 valence electrons. The highest BCUT2D eigenvalue weighted by atomic mass is 16.3. The Kier molecular flexibility index (Phi) is 7.97. The third-order valence-corrected chi connectivity index (χ3v) is 14.1.